The van der Waals surface area contributed by atoms with Crippen LogP contribution in [0.15, 0.2) is 60.8 Å². The largest absolute Gasteiger partial charge is 0.394 e. The van der Waals surface area contributed by atoms with Crippen LogP contribution in [0.5, 0.6) is 0 Å². The van der Waals surface area contributed by atoms with E-state index in [0.29, 0.717) is 5.56 Å². The van der Waals surface area contributed by atoms with Crippen molar-refractivity contribution < 1.29 is 42.8 Å². The number of rotatable bonds is 5. The summed E-state index contributed by atoms with van der Waals surface area (Å²) < 4.78 is 54.0. The zero-order valence-corrected chi connectivity index (χ0v) is 21.3. The molecular formula is C28H25F3N4O6. The van der Waals surface area contributed by atoms with Gasteiger partial charge in [0, 0.05) is 11.1 Å². The average Bonchev–Trinajstić information content (AvgIpc) is 3.61. The van der Waals surface area contributed by atoms with Crippen molar-refractivity contribution in [3.63, 3.8) is 0 Å². The van der Waals surface area contributed by atoms with Crippen LogP contribution in [0.1, 0.15) is 22.8 Å². The third-order valence-electron chi connectivity index (χ3n) is 7.64. The highest BCUT2D eigenvalue weighted by molar-refractivity contribution is 6.07. The fourth-order valence-electron chi connectivity index (χ4n) is 5.60. The summed E-state index contributed by atoms with van der Waals surface area (Å²) in [6.07, 6.45) is -3.01. The fourth-order valence-corrected chi connectivity index (χ4v) is 5.60. The van der Waals surface area contributed by atoms with Crippen LogP contribution in [-0.4, -0.2) is 79.6 Å². The maximum absolute atomic E-state index is 13.8. The molecule has 214 valence electrons. The molecule has 2 saturated heterocycles. The Bertz CT molecular complexity index is 1590. The van der Waals surface area contributed by atoms with Crippen LogP contribution in [0.3, 0.4) is 0 Å². The predicted octanol–water partition coefficient (Wildman–Crippen LogP) is 2.08. The van der Waals surface area contributed by atoms with E-state index in [9.17, 15) is 33.3 Å². The van der Waals surface area contributed by atoms with Crippen molar-refractivity contribution in [1.82, 2.24) is 20.3 Å². The van der Waals surface area contributed by atoms with E-state index in [1.54, 1.807) is 12.1 Å². The van der Waals surface area contributed by atoms with Crippen LogP contribution >= 0.6 is 0 Å². The number of carbonyl (C=O) groups is 1. The molecule has 3 aromatic carbocycles. The number of ether oxygens (including phenoxy) is 2. The number of aromatic nitrogens is 3. The lowest BCUT2D eigenvalue weighted by Gasteiger charge is -2.49. The van der Waals surface area contributed by atoms with Gasteiger partial charge in [0.2, 0.25) is 5.79 Å². The van der Waals surface area contributed by atoms with Gasteiger partial charge in [0.1, 0.15) is 30.0 Å². The van der Waals surface area contributed by atoms with Gasteiger partial charge in [0.25, 0.3) is 5.91 Å². The minimum atomic E-state index is -1.89. The minimum Gasteiger partial charge on any atom is -0.394 e. The second-order valence-corrected chi connectivity index (χ2v) is 10.0. The molecule has 2 aliphatic rings. The van der Waals surface area contributed by atoms with Gasteiger partial charge >= 0.3 is 0 Å². The number of carbonyl (C=O) groups excluding carboxylic acids is 1. The quantitative estimate of drug-likeness (QED) is 0.268. The number of hydrogen-bond acceptors (Lipinski definition) is 8. The molecular weight excluding hydrogens is 545 g/mol. The first kappa shape index (κ1) is 27.3. The lowest BCUT2D eigenvalue weighted by Crippen LogP contribution is -2.69. The summed E-state index contributed by atoms with van der Waals surface area (Å²) >= 11 is 0. The molecule has 0 bridgehead atoms. The number of hydrogen-bond donors (Lipinski definition) is 4. The lowest BCUT2D eigenvalue weighted by molar-refractivity contribution is -0.344. The summed E-state index contributed by atoms with van der Waals surface area (Å²) in [5, 5.41) is 44.9. The molecule has 0 radical (unpaired) electrons. The summed E-state index contributed by atoms with van der Waals surface area (Å²) in [6, 6.07) is 11.9. The predicted molar refractivity (Wildman–Crippen MR) is 137 cm³/mol. The third kappa shape index (κ3) is 4.55. The summed E-state index contributed by atoms with van der Waals surface area (Å²) in [4.78, 5) is 13.4. The Morgan fingerprint density at radius 3 is 2.59 bits per heavy atom. The Labute approximate surface area is 230 Å². The Balaban J connectivity index is 1.33. The monoisotopic (exact) mass is 570 g/mol. The van der Waals surface area contributed by atoms with Crippen molar-refractivity contribution in [3.8, 4) is 11.3 Å². The smallest absolute Gasteiger partial charge is 0.252 e. The van der Waals surface area contributed by atoms with Crippen LogP contribution < -0.4 is 5.32 Å². The molecule has 6 atom stereocenters. The third-order valence-corrected chi connectivity index (χ3v) is 7.64. The molecule has 10 nitrogen and oxygen atoms in total. The molecule has 1 aromatic heterocycles. The molecule has 0 unspecified atom stereocenters. The van der Waals surface area contributed by atoms with Gasteiger partial charge in [-0.25, -0.2) is 17.9 Å². The van der Waals surface area contributed by atoms with Gasteiger partial charge < -0.3 is 30.1 Å². The number of benzene rings is 3. The van der Waals surface area contributed by atoms with E-state index in [-0.39, 0.29) is 24.3 Å². The SMILES string of the molecule is O=C(N[C@@H]1CCO[C@]12O[C@H](CO)[C@H](O)[C@H](n1cc(-c3cc(F)c(F)c(F)c3)nn1)[C@H]2O)c1cccc2ccccc12. The first-order chi connectivity index (χ1) is 19.7. The first-order valence-electron chi connectivity index (χ1n) is 12.9. The number of aliphatic hydroxyl groups is 3. The van der Waals surface area contributed by atoms with Crippen molar-refractivity contribution in [3.05, 3.63) is 83.8 Å². The summed E-state index contributed by atoms with van der Waals surface area (Å²) in [5.41, 5.74) is 0.191. The maximum Gasteiger partial charge on any atom is 0.252 e. The van der Waals surface area contributed by atoms with Gasteiger partial charge in [0.15, 0.2) is 17.5 Å². The molecule has 6 rings (SSSR count). The van der Waals surface area contributed by atoms with Gasteiger partial charge in [-0.1, -0.05) is 41.6 Å². The number of amides is 1. The number of aliphatic hydroxyl groups excluding tert-OH is 3. The van der Waals surface area contributed by atoms with Crippen LogP contribution in [0.4, 0.5) is 13.2 Å². The second-order valence-electron chi connectivity index (χ2n) is 10.0. The summed E-state index contributed by atoms with van der Waals surface area (Å²) in [6.45, 7) is -0.593. The Hall–Kier alpha value is -3.88. The molecule has 4 N–H and O–H groups in total. The molecule has 2 aliphatic heterocycles. The van der Waals surface area contributed by atoms with E-state index in [0.717, 1.165) is 27.6 Å². The Kier molecular flexibility index (Phi) is 6.99. The number of halogens is 3. The number of nitrogens with zero attached hydrogens (tertiary/aromatic N) is 3. The van der Waals surface area contributed by atoms with Gasteiger partial charge in [0.05, 0.1) is 25.5 Å². The van der Waals surface area contributed by atoms with Crippen LogP contribution in [0.25, 0.3) is 22.0 Å². The van der Waals surface area contributed by atoms with Crippen LogP contribution in [0.2, 0.25) is 0 Å². The van der Waals surface area contributed by atoms with Crippen molar-refractivity contribution in [2.24, 2.45) is 0 Å². The highest BCUT2D eigenvalue weighted by Crippen LogP contribution is 2.43. The number of fused-ring (bicyclic) bond motifs is 1. The molecule has 1 amide bonds. The van der Waals surface area contributed by atoms with Crippen molar-refractivity contribution in [1.29, 1.82) is 0 Å². The summed E-state index contributed by atoms with van der Waals surface area (Å²) in [5.74, 6) is -6.83. The minimum absolute atomic E-state index is 0.0727. The lowest BCUT2D eigenvalue weighted by atomic mass is 9.86. The molecule has 4 aromatic rings. The van der Waals surface area contributed by atoms with Crippen LogP contribution in [0, 0.1) is 17.5 Å². The molecule has 0 saturated carbocycles. The molecule has 1 spiro atoms. The molecule has 41 heavy (non-hydrogen) atoms. The van der Waals surface area contributed by atoms with E-state index < -0.39 is 66.1 Å². The van der Waals surface area contributed by atoms with Gasteiger partial charge in [-0.15, -0.1) is 5.10 Å². The highest BCUT2D eigenvalue weighted by Gasteiger charge is 2.62. The highest BCUT2D eigenvalue weighted by atomic mass is 19.2. The zero-order chi connectivity index (χ0) is 28.9. The zero-order valence-electron chi connectivity index (χ0n) is 21.3. The van der Waals surface area contributed by atoms with Crippen molar-refractivity contribution in [2.75, 3.05) is 13.2 Å². The van der Waals surface area contributed by atoms with Gasteiger partial charge in [-0.2, -0.15) is 0 Å². The fraction of sp³-hybridized carbons (Fsp3) is 0.321. The van der Waals surface area contributed by atoms with E-state index in [1.807, 2.05) is 30.3 Å². The maximum atomic E-state index is 13.8. The van der Waals surface area contributed by atoms with E-state index in [4.69, 9.17) is 9.47 Å². The van der Waals surface area contributed by atoms with Crippen molar-refractivity contribution >= 4 is 16.7 Å². The van der Waals surface area contributed by atoms with Gasteiger partial charge in [-0.05, 0) is 35.4 Å². The number of nitrogens with one attached hydrogen (secondary N) is 1. The van der Waals surface area contributed by atoms with E-state index in [2.05, 4.69) is 15.6 Å². The topological polar surface area (TPSA) is 139 Å². The second kappa shape index (κ2) is 10.5. The average molecular weight is 571 g/mol. The normalized spacial score (nSPS) is 27.9. The first-order valence-corrected chi connectivity index (χ1v) is 12.9. The van der Waals surface area contributed by atoms with Crippen LogP contribution in [-0.2, 0) is 9.47 Å². The Morgan fingerprint density at radius 1 is 1.10 bits per heavy atom. The van der Waals surface area contributed by atoms with E-state index >= 15 is 0 Å². The standard InChI is InChI=1S/C28H25F3N4O6/c29-18-10-15(11-19(30)23(18)31)20-12-35(34-33-20)24-25(37)21(13-36)41-28(26(24)38)22(8-9-40-28)32-27(39)17-7-3-5-14-4-1-2-6-16(14)17/h1-7,10-12,21-22,24-26,36-38H,8-9,13H2,(H,32,39)/t21-,22-,24+,25+,26-,28+/m1/s1. The molecule has 13 heteroatoms. The Morgan fingerprint density at radius 2 is 1.83 bits per heavy atom. The molecule has 0 aliphatic carbocycles. The summed E-state index contributed by atoms with van der Waals surface area (Å²) in [7, 11) is 0. The van der Waals surface area contributed by atoms with Crippen molar-refractivity contribution in [2.45, 2.75) is 42.6 Å². The molecule has 3 heterocycles. The molecule has 2 fully saturated rings. The van der Waals surface area contributed by atoms with E-state index in [1.165, 1.54) is 6.20 Å². The van der Waals surface area contributed by atoms with Gasteiger partial charge in [-0.3, -0.25) is 4.79 Å².